The van der Waals surface area contributed by atoms with Crippen LogP contribution in [0.25, 0.3) is 0 Å². The Kier molecular flexibility index (Phi) is 5.73. The number of ether oxygens (including phenoxy) is 1. The van der Waals surface area contributed by atoms with Crippen LogP contribution < -0.4 is 10.2 Å². The number of hydrogen-bond donors (Lipinski definition) is 1. The number of para-hydroxylation sites is 1. The van der Waals surface area contributed by atoms with E-state index in [1.807, 2.05) is 24.5 Å². The second-order valence-corrected chi connectivity index (χ2v) is 7.75. The molecule has 0 radical (unpaired) electrons. The van der Waals surface area contributed by atoms with Crippen molar-refractivity contribution in [3.05, 3.63) is 59.4 Å². The van der Waals surface area contributed by atoms with E-state index in [2.05, 4.69) is 39.5 Å². The van der Waals surface area contributed by atoms with Crippen LogP contribution >= 0.6 is 11.6 Å². The first-order valence-corrected chi connectivity index (χ1v) is 9.89. The van der Waals surface area contributed by atoms with Gasteiger partial charge in [0, 0.05) is 43.5 Å². The molecule has 5 heteroatoms. The number of aromatic nitrogens is 1. The number of pyridine rings is 1. The Morgan fingerprint density at radius 2 is 1.85 bits per heavy atom. The van der Waals surface area contributed by atoms with Gasteiger partial charge in [-0.2, -0.15) is 0 Å². The fourth-order valence-corrected chi connectivity index (χ4v) is 4.36. The summed E-state index contributed by atoms with van der Waals surface area (Å²) in [6.07, 6.45) is 7.09. The molecule has 0 spiro atoms. The summed E-state index contributed by atoms with van der Waals surface area (Å²) in [5.74, 6) is 0.541. The maximum Gasteiger partial charge on any atom is 0.0639 e. The van der Waals surface area contributed by atoms with Gasteiger partial charge in [0.1, 0.15) is 0 Å². The molecule has 2 aromatic rings. The van der Waals surface area contributed by atoms with Gasteiger partial charge in [0.25, 0.3) is 0 Å². The highest BCUT2D eigenvalue weighted by Gasteiger charge is 2.31. The van der Waals surface area contributed by atoms with Gasteiger partial charge in [-0.25, -0.2) is 0 Å². The molecule has 3 heterocycles. The summed E-state index contributed by atoms with van der Waals surface area (Å²) in [6.45, 7) is 3.76. The number of nitrogens with one attached hydrogen (secondary N) is 1. The molecule has 2 fully saturated rings. The zero-order valence-corrected chi connectivity index (χ0v) is 15.7. The molecule has 138 valence electrons. The predicted octanol–water partition coefficient (Wildman–Crippen LogP) is 3.55. The molecular formula is C21H26ClN3O. The zero-order valence-electron chi connectivity index (χ0n) is 15.0. The molecule has 1 aromatic heterocycles. The molecule has 2 atom stereocenters. The van der Waals surface area contributed by atoms with Gasteiger partial charge in [-0.3, -0.25) is 4.98 Å². The van der Waals surface area contributed by atoms with Crippen LogP contribution in [-0.2, 0) is 11.2 Å². The number of anilines is 1. The van der Waals surface area contributed by atoms with E-state index in [4.69, 9.17) is 16.3 Å². The number of halogens is 1. The van der Waals surface area contributed by atoms with Crippen LogP contribution in [0.15, 0.2) is 48.8 Å². The minimum atomic E-state index is 0.444. The lowest BCUT2D eigenvalue weighted by Gasteiger charge is -2.36. The minimum absolute atomic E-state index is 0.444. The highest BCUT2D eigenvalue weighted by atomic mass is 35.5. The Bertz CT molecular complexity index is 703. The summed E-state index contributed by atoms with van der Waals surface area (Å²) in [7, 11) is 0. The van der Waals surface area contributed by atoms with Gasteiger partial charge in [-0.05, 0) is 49.1 Å². The fourth-order valence-electron chi connectivity index (χ4n) is 4.10. The number of hydrogen-bond acceptors (Lipinski definition) is 4. The van der Waals surface area contributed by atoms with E-state index in [0.29, 0.717) is 18.0 Å². The number of nitrogens with zero attached hydrogens (tertiary/aromatic N) is 2. The van der Waals surface area contributed by atoms with E-state index < -0.39 is 0 Å². The van der Waals surface area contributed by atoms with Crippen LogP contribution in [0.2, 0.25) is 5.02 Å². The SMILES string of the molecule is Clc1ccccc1N1CCC(N[C@@H]2COC[C@H]2Cc2ccncc2)CC1. The van der Waals surface area contributed by atoms with Crippen molar-refractivity contribution in [3.63, 3.8) is 0 Å². The quantitative estimate of drug-likeness (QED) is 0.872. The number of piperidine rings is 1. The van der Waals surface area contributed by atoms with Crippen LogP contribution in [0.3, 0.4) is 0 Å². The maximum absolute atomic E-state index is 6.35. The summed E-state index contributed by atoms with van der Waals surface area (Å²) in [5, 5.41) is 4.72. The molecule has 1 N–H and O–H groups in total. The van der Waals surface area contributed by atoms with Gasteiger partial charge >= 0.3 is 0 Å². The van der Waals surface area contributed by atoms with Crippen molar-refractivity contribution in [2.75, 3.05) is 31.2 Å². The van der Waals surface area contributed by atoms with Gasteiger partial charge in [-0.1, -0.05) is 23.7 Å². The van der Waals surface area contributed by atoms with Crippen LogP contribution in [0.5, 0.6) is 0 Å². The second-order valence-electron chi connectivity index (χ2n) is 7.34. The van der Waals surface area contributed by atoms with Crippen molar-refractivity contribution in [1.82, 2.24) is 10.3 Å². The van der Waals surface area contributed by atoms with E-state index in [-0.39, 0.29) is 0 Å². The highest BCUT2D eigenvalue weighted by molar-refractivity contribution is 6.33. The molecule has 1 aromatic carbocycles. The molecular weight excluding hydrogens is 346 g/mol. The Balaban J connectivity index is 1.30. The first-order chi connectivity index (χ1) is 12.8. The summed E-state index contributed by atoms with van der Waals surface area (Å²) in [5.41, 5.74) is 2.50. The first-order valence-electron chi connectivity index (χ1n) is 9.52. The van der Waals surface area contributed by atoms with E-state index in [1.165, 1.54) is 5.56 Å². The monoisotopic (exact) mass is 371 g/mol. The predicted molar refractivity (Wildman–Crippen MR) is 106 cm³/mol. The summed E-state index contributed by atoms with van der Waals surface area (Å²) in [4.78, 5) is 6.51. The van der Waals surface area contributed by atoms with Crippen LogP contribution in [0.4, 0.5) is 5.69 Å². The molecule has 4 rings (SSSR count). The zero-order chi connectivity index (χ0) is 17.8. The van der Waals surface area contributed by atoms with Crippen molar-refractivity contribution >= 4 is 17.3 Å². The van der Waals surface area contributed by atoms with E-state index in [0.717, 1.165) is 56.3 Å². The molecule has 0 saturated carbocycles. The fraction of sp³-hybridized carbons (Fsp3) is 0.476. The lowest BCUT2D eigenvalue weighted by Crippen LogP contribution is -2.48. The lowest BCUT2D eigenvalue weighted by atomic mass is 9.93. The Labute approximate surface area is 160 Å². The lowest BCUT2D eigenvalue weighted by molar-refractivity contribution is 0.181. The molecule has 2 aliphatic rings. The Morgan fingerprint density at radius 1 is 1.08 bits per heavy atom. The first kappa shape index (κ1) is 17.8. The molecule has 4 nitrogen and oxygen atoms in total. The smallest absolute Gasteiger partial charge is 0.0639 e. The van der Waals surface area contributed by atoms with Crippen molar-refractivity contribution in [1.29, 1.82) is 0 Å². The molecule has 0 amide bonds. The maximum atomic E-state index is 6.35. The van der Waals surface area contributed by atoms with Gasteiger partial charge < -0.3 is 15.0 Å². The van der Waals surface area contributed by atoms with Crippen molar-refractivity contribution < 1.29 is 4.74 Å². The standard InChI is InChI=1S/C21H26ClN3O/c22-19-3-1-2-4-21(19)25-11-7-18(8-12-25)24-20-15-26-14-17(20)13-16-5-9-23-10-6-16/h1-6,9-10,17-18,20,24H,7-8,11-15H2/t17-,20-/m1/s1. The van der Waals surface area contributed by atoms with E-state index >= 15 is 0 Å². The van der Waals surface area contributed by atoms with Gasteiger partial charge in [-0.15, -0.1) is 0 Å². The third-order valence-corrected chi connectivity index (χ3v) is 5.90. The third-order valence-electron chi connectivity index (χ3n) is 5.58. The van der Waals surface area contributed by atoms with E-state index in [1.54, 1.807) is 0 Å². The van der Waals surface area contributed by atoms with Gasteiger partial charge in [0.15, 0.2) is 0 Å². The molecule has 0 unspecified atom stereocenters. The largest absolute Gasteiger partial charge is 0.379 e. The molecule has 0 bridgehead atoms. The average Bonchev–Trinajstić information content (AvgIpc) is 3.10. The van der Waals surface area contributed by atoms with Crippen molar-refractivity contribution in [2.45, 2.75) is 31.3 Å². The minimum Gasteiger partial charge on any atom is -0.379 e. The van der Waals surface area contributed by atoms with Crippen molar-refractivity contribution in [3.8, 4) is 0 Å². The summed E-state index contributed by atoms with van der Waals surface area (Å²) in [6, 6.07) is 13.4. The number of rotatable bonds is 5. The molecule has 2 aliphatic heterocycles. The molecule has 2 saturated heterocycles. The topological polar surface area (TPSA) is 37.4 Å². The Hall–Kier alpha value is -1.62. The Morgan fingerprint density at radius 3 is 2.62 bits per heavy atom. The molecule has 0 aliphatic carbocycles. The summed E-state index contributed by atoms with van der Waals surface area (Å²) >= 11 is 6.35. The average molecular weight is 372 g/mol. The van der Waals surface area contributed by atoms with Crippen LogP contribution in [-0.4, -0.2) is 43.4 Å². The van der Waals surface area contributed by atoms with E-state index in [9.17, 15) is 0 Å². The van der Waals surface area contributed by atoms with Crippen LogP contribution in [0.1, 0.15) is 18.4 Å². The normalized spacial score (nSPS) is 24.1. The van der Waals surface area contributed by atoms with Gasteiger partial charge in [0.2, 0.25) is 0 Å². The third kappa shape index (κ3) is 4.20. The highest BCUT2D eigenvalue weighted by Crippen LogP contribution is 2.28. The molecule has 26 heavy (non-hydrogen) atoms. The van der Waals surface area contributed by atoms with Gasteiger partial charge in [0.05, 0.1) is 23.9 Å². The summed E-state index contributed by atoms with van der Waals surface area (Å²) < 4.78 is 5.78. The second kappa shape index (κ2) is 8.38. The number of benzene rings is 1. The van der Waals surface area contributed by atoms with Crippen LogP contribution in [0, 0.1) is 5.92 Å². The van der Waals surface area contributed by atoms with Crippen molar-refractivity contribution in [2.24, 2.45) is 5.92 Å².